The van der Waals surface area contributed by atoms with Crippen molar-refractivity contribution < 1.29 is 28.2 Å². The second-order valence-corrected chi connectivity index (χ2v) is 17.0. The third kappa shape index (κ3) is 12.2. The van der Waals surface area contributed by atoms with Gasteiger partial charge in [0.05, 0.1) is 33.0 Å². The van der Waals surface area contributed by atoms with Gasteiger partial charge in [0.1, 0.15) is 18.0 Å². The number of ether oxygens (including phenoxy) is 4. The molecule has 222 valence electrons. The lowest BCUT2D eigenvalue weighted by Crippen LogP contribution is -2.41. The summed E-state index contributed by atoms with van der Waals surface area (Å²) in [5.74, 6) is 0.800. The van der Waals surface area contributed by atoms with Gasteiger partial charge in [0.25, 0.3) is 0 Å². The van der Waals surface area contributed by atoms with E-state index in [1.807, 2.05) is 81.5 Å². The molecule has 0 radical (unpaired) electrons. The SMILES string of the molecule is CN(C(=O)OC(C)(C)C)c1ccc(C=Cc2ccc(OCCOCCOCCO[Si](C)(C)C(C)(C)C)cc2)cc1. The van der Waals surface area contributed by atoms with E-state index in [0.717, 1.165) is 22.6 Å². The number of amides is 1. The number of hydrogen-bond acceptors (Lipinski definition) is 6. The second-order valence-electron chi connectivity index (χ2n) is 12.2. The minimum atomic E-state index is -1.71. The zero-order chi connectivity index (χ0) is 29.8. The molecule has 0 aliphatic heterocycles. The maximum Gasteiger partial charge on any atom is 0.414 e. The maximum atomic E-state index is 12.3. The van der Waals surface area contributed by atoms with E-state index in [4.69, 9.17) is 23.4 Å². The number of carbonyl (C=O) groups excluding carboxylic acids is 1. The minimum absolute atomic E-state index is 0.213. The molecule has 0 aliphatic carbocycles. The van der Waals surface area contributed by atoms with Gasteiger partial charge in [0.15, 0.2) is 8.32 Å². The van der Waals surface area contributed by atoms with Gasteiger partial charge in [0, 0.05) is 12.7 Å². The van der Waals surface area contributed by atoms with Crippen LogP contribution in [0.1, 0.15) is 52.7 Å². The first kappa shape index (κ1) is 33.6. The van der Waals surface area contributed by atoms with Crippen molar-refractivity contribution in [3.05, 3.63) is 59.7 Å². The summed E-state index contributed by atoms with van der Waals surface area (Å²) in [4.78, 5) is 13.8. The highest BCUT2D eigenvalue weighted by molar-refractivity contribution is 6.74. The van der Waals surface area contributed by atoms with Crippen LogP contribution in [0.4, 0.5) is 10.5 Å². The zero-order valence-electron chi connectivity index (χ0n) is 25.9. The summed E-state index contributed by atoms with van der Waals surface area (Å²) in [6, 6.07) is 15.7. The molecule has 0 atom stereocenters. The Hall–Kier alpha value is -2.65. The summed E-state index contributed by atoms with van der Waals surface area (Å²) >= 11 is 0. The van der Waals surface area contributed by atoms with Gasteiger partial charge >= 0.3 is 6.09 Å². The van der Waals surface area contributed by atoms with Gasteiger partial charge in [-0.1, -0.05) is 57.2 Å². The molecule has 0 saturated carbocycles. The predicted octanol–water partition coefficient (Wildman–Crippen LogP) is 7.66. The Morgan fingerprint density at radius 2 is 1.23 bits per heavy atom. The van der Waals surface area contributed by atoms with Crippen LogP contribution in [-0.4, -0.2) is 66.7 Å². The minimum Gasteiger partial charge on any atom is -0.491 e. The molecule has 2 aromatic carbocycles. The first-order valence-electron chi connectivity index (χ1n) is 14.0. The molecule has 7 nitrogen and oxygen atoms in total. The molecule has 0 spiro atoms. The molecule has 0 unspecified atom stereocenters. The highest BCUT2D eigenvalue weighted by Gasteiger charge is 2.36. The molecule has 2 aromatic rings. The van der Waals surface area contributed by atoms with Crippen LogP contribution >= 0.6 is 0 Å². The fourth-order valence-electron chi connectivity index (χ4n) is 3.23. The average molecular weight is 572 g/mol. The first-order valence-corrected chi connectivity index (χ1v) is 16.9. The third-order valence-electron chi connectivity index (χ3n) is 6.66. The Morgan fingerprint density at radius 1 is 0.750 bits per heavy atom. The smallest absolute Gasteiger partial charge is 0.414 e. The highest BCUT2D eigenvalue weighted by atomic mass is 28.4. The molecule has 1 amide bonds. The van der Waals surface area contributed by atoms with E-state index >= 15 is 0 Å². The van der Waals surface area contributed by atoms with E-state index in [0.29, 0.717) is 39.6 Å². The van der Waals surface area contributed by atoms with Crippen LogP contribution in [0.5, 0.6) is 5.75 Å². The summed E-state index contributed by atoms with van der Waals surface area (Å²) < 4.78 is 28.5. The van der Waals surface area contributed by atoms with Crippen molar-refractivity contribution in [2.24, 2.45) is 0 Å². The predicted molar refractivity (Wildman–Crippen MR) is 167 cm³/mol. The van der Waals surface area contributed by atoms with E-state index in [-0.39, 0.29) is 11.1 Å². The van der Waals surface area contributed by atoms with Gasteiger partial charge in [-0.15, -0.1) is 0 Å². The number of nitrogens with zero attached hydrogens (tertiary/aromatic N) is 1. The largest absolute Gasteiger partial charge is 0.491 e. The van der Waals surface area contributed by atoms with Crippen LogP contribution in [0.15, 0.2) is 48.5 Å². The number of carbonyl (C=O) groups is 1. The summed E-state index contributed by atoms with van der Waals surface area (Å²) in [5.41, 5.74) is 2.34. The van der Waals surface area contributed by atoms with Gasteiger partial charge in [-0.3, -0.25) is 4.90 Å². The quantitative estimate of drug-likeness (QED) is 0.132. The van der Waals surface area contributed by atoms with Crippen LogP contribution in [0, 0.1) is 0 Å². The lowest BCUT2D eigenvalue weighted by Gasteiger charge is -2.36. The van der Waals surface area contributed by atoms with Crippen molar-refractivity contribution in [2.75, 3.05) is 51.6 Å². The van der Waals surface area contributed by atoms with Gasteiger partial charge < -0.3 is 23.4 Å². The Morgan fingerprint density at radius 3 is 1.73 bits per heavy atom. The Balaban J connectivity index is 1.63. The van der Waals surface area contributed by atoms with Crippen LogP contribution in [0.3, 0.4) is 0 Å². The number of benzene rings is 2. The standard InChI is InChI=1S/C32H49NO6Si/c1-31(2,3)39-30(34)33(7)28-16-12-26(13-17-28)10-11-27-14-18-29(19-15-27)37-24-22-35-20-21-36-23-25-38-40(8,9)32(4,5)6/h10-19H,20-25H2,1-9H3. The van der Waals surface area contributed by atoms with Crippen LogP contribution in [0.25, 0.3) is 12.2 Å². The van der Waals surface area contributed by atoms with Crippen LogP contribution < -0.4 is 9.64 Å². The number of hydrogen-bond donors (Lipinski definition) is 0. The second kappa shape index (κ2) is 15.4. The Bertz CT molecular complexity index is 1050. The van der Waals surface area contributed by atoms with Crippen LogP contribution in [-0.2, 0) is 18.6 Å². The average Bonchev–Trinajstić information content (AvgIpc) is 2.87. The number of anilines is 1. The molecule has 2 rings (SSSR count). The van der Waals surface area contributed by atoms with E-state index in [1.54, 1.807) is 7.05 Å². The summed E-state index contributed by atoms with van der Waals surface area (Å²) in [6.45, 7) is 20.0. The van der Waals surface area contributed by atoms with E-state index in [9.17, 15) is 4.79 Å². The van der Waals surface area contributed by atoms with Gasteiger partial charge in [-0.25, -0.2) is 4.79 Å². The van der Waals surface area contributed by atoms with E-state index in [2.05, 4.69) is 33.9 Å². The molecular formula is C32H49NO6Si. The van der Waals surface area contributed by atoms with Gasteiger partial charge in [-0.2, -0.15) is 0 Å². The first-order chi connectivity index (χ1) is 18.7. The number of rotatable bonds is 14. The van der Waals surface area contributed by atoms with Crippen molar-refractivity contribution in [1.29, 1.82) is 0 Å². The molecule has 0 aliphatic rings. The lowest BCUT2D eigenvalue weighted by molar-refractivity contribution is 0.0260. The maximum absolute atomic E-state index is 12.3. The normalized spacial score (nSPS) is 12.5. The molecule has 40 heavy (non-hydrogen) atoms. The molecule has 0 aromatic heterocycles. The van der Waals surface area contributed by atoms with Crippen molar-refractivity contribution in [3.63, 3.8) is 0 Å². The zero-order valence-corrected chi connectivity index (χ0v) is 26.9. The fourth-order valence-corrected chi connectivity index (χ4v) is 4.25. The lowest BCUT2D eigenvalue weighted by atomic mass is 10.1. The van der Waals surface area contributed by atoms with E-state index < -0.39 is 13.9 Å². The van der Waals surface area contributed by atoms with Gasteiger partial charge in [0.2, 0.25) is 0 Å². The topological polar surface area (TPSA) is 66.5 Å². The molecule has 0 saturated heterocycles. The van der Waals surface area contributed by atoms with Crippen molar-refractivity contribution in [2.45, 2.75) is 65.3 Å². The monoisotopic (exact) mass is 571 g/mol. The highest BCUT2D eigenvalue weighted by Crippen LogP contribution is 2.36. The van der Waals surface area contributed by atoms with E-state index in [1.165, 1.54) is 4.90 Å². The summed E-state index contributed by atoms with van der Waals surface area (Å²) in [7, 11) is -0.00192. The molecule has 0 heterocycles. The Labute approximate surface area is 242 Å². The Kier molecular flexibility index (Phi) is 12.9. The third-order valence-corrected chi connectivity index (χ3v) is 11.2. The molecule has 0 N–H and O–H groups in total. The van der Waals surface area contributed by atoms with Crippen LogP contribution in [0.2, 0.25) is 18.1 Å². The molecule has 8 heteroatoms. The van der Waals surface area contributed by atoms with Crippen molar-refractivity contribution in [1.82, 2.24) is 0 Å². The van der Waals surface area contributed by atoms with Crippen molar-refractivity contribution >= 4 is 32.3 Å². The van der Waals surface area contributed by atoms with Crippen molar-refractivity contribution in [3.8, 4) is 5.75 Å². The fraction of sp³-hybridized carbons (Fsp3) is 0.531. The molecular weight excluding hydrogens is 522 g/mol. The summed E-state index contributed by atoms with van der Waals surface area (Å²) in [6.07, 6.45) is 3.69. The van der Waals surface area contributed by atoms with Gasteiger partial charge in [-0.05, 0) is 74.3 Å². The molecule has 0 fully saturated rings. The molecule has 0 bridgehead atoms. The summed E-state index contributed by atoms with van der Waals surface area (Å²) in [5, 5.41) is 0.213.